The van der Waals surface area contributed by atoms with Gasteiger partial charge in [0.2, 0.25) is 0 Å². The van der Waals surface area contributed by atoms with Gasteiger partial charge in [-0.15, -0.1) is 0 Å². The summed E-state index contributed by atoms with van der Waals surface area (Å²) < 4.78 is 68.3. The van der Waals surface area contributed by atoms with E-state index in [9.17, 15) is 43.2 Å². The second kappa shape index (κ2) is 69.5. The summed E-state index contributed by atoms with van der Waals surface area (Å²) in [5, 5.41) is 10.6. The maximum absolute atomic E-state index is 13.0. The van der Waals surface area contributed by atoms with Gasteiger partial charge in [-0.05, 0) is 135 Å². The first-order valence-corrected chi connectivity index (χ1v) is 40.5. The summed E-state index contributed by atoms with van der Waals surface area (Å²) in [6.45, 7) is 4.61. The predicted molar refractivity (Wildman–Crippen MR) is 390 cm³/mol. The van der Waals surface area contributed by atoms with Crippen LogP contribution in [0, 0.1) is 0 Å². The minimum absolute atomic E-state index is 0.0723. The van der Waals surface area contributed by atoms with Crippen LogP contribution in [0.25, 0.3) is 0 Å². The molecule has 0 heterocycles. The topological polar surface area (TPSA) is 237 Å². The molecule has 0 rings (SSSR count). The Morgan fingerprint density at radius 1 is 0.302 bits per heavy atom. The van der Waals surface area contributed by atoms with Crippen LogP contribution in [-0.4, -0.2) is 96.7 Å². The van der Waals surface area contributed by atoms with E-state index >= 15 is 0 Å². The highest BCUT2D eigenvalue weighted by molar-refractivity contribution is 7.47. The lowest BCUT2D eigenvalue weighted by Crippen LogP contribution is -2.30. The Kier molecular flexibility index (Phi) is 66.6. The quantitative estimate of drug-likeness (QED) is 0.0169. The first kappa shape index (κ1) is 92.0. The molecule has 3 N–H and O–H groups in total. The molecule has 5 atom stereocenters. The summed E-state index contributed by atoms with van der Waals surface area (Å²) in [5.41, 5.74) is 0. The van der Waals surface area contributed by atoms with Gasteiger partial charge in [0.1, 0.15) is 19.3 Å². The van der Waals surface area contributed by atoms with Crippen LogP contribution >= 0.6 is 15.6 Å². The number of unbranched alkanes of at least 4 members (excludes halogenated alkanes) is 28. The van der Waals surface area contributed by atoms with E-state index in [2.05, 4.69) is 113 Å². The molecule has 5 unspecified atom stereocenters. The zero-order valence-corrected chi connectivity index (χ0v) is 62.1. The molecule has 0 aliphatic rings. The molecule has 0 aliphatic heterocycles. The lowest BCUT2D eigenvalue weighted by atomic mass is 10.1. The number of phosphoric ester groups is 2. The van der Waals surface area contributed by atoms with Crippen molar-refractivity contribution in [2.45, 2.75) is 329 Å². The number of carbonyl (C=O) groups is 4. The van der Waals surface area contributed by atoms with Crippen LogP contribution in [-0.2, 0) is 65.4 Å². The van der Waals surface area contributed by atoms with Crippen LogP contribution in [0.15, 0.2) is 97.2 Å². The van der Waals surface area contributed by atoms with Gasteiger partial charge in [-0.25, -0.2) is 9.13 Å². The average molecular weight is 1390 g/mol. The molecule has 0 saturated heterocycles. The molecule has 0 aromatic carbocycles. The van der Waals surface area contributed by atoms with E-state index in [1.165, 1.54) is 77.0 Å². The van der Waals surface area contributed by atoms with Crippen molar-refractivity contribution in [3.63, 3.8) is 0 Å². The SMILES string of the molecule is CC/C=C\C/C=C\C/C=C\C/C=C\C/C=C\CCCC(=O)OCC(COP(=O)(O)OCC(O)COP(=O)(O)OCC(COC(=O)CCCCCCC/C=C\CCCCCCCC)OC(=O)CCCCCCC/C=C\CCCC)OC(=O)CCCCCCC/C=C\CCCCCC. The van der Waals surface area contributed by atoms with E-state index in [1.54, 1.807) is 0 Å². The number of aliphatic hydroxyl groups excluding tert-OH is 1. The molecular formula is C77H134O17P2. The molecule has 0 spiro atoms. The number of ether oxygens (including phenoxy) is 4. The lowest BCUT2D eigenvalue weighted by molar-refractivity contribution is -0.161. The number of hydrogen-bond acceptors (Lipinski definition) is 15. The highest BCUT2D eigenvalue weighted by Crippen LogP contribution is 2.45. The zero-order chi connectivity index (χ0) is 70.4. The third-order valence-corrected chi connectivity index (χ3v) is 17.4. The summed E-state index contributed by atoms with van der Waals surface area (Å²) >= 11 is 0. The fraction of sp³-hybridized carbons (Fsp3) is 0.740. The molecule has 17 nitrogen and oxygen atoms in total. The number of esters is 4. The molecule has 0 aliphatic carbocycles. The van der Waals surface area contributed by atoms with Crippen LogP contribution in [0.5, 0.6) is 0 Å². The van der Waals surface area contributed by atoms with E-state index in [1.807, 2.05) is 12.2 Å². The Morgan fingerprint density at radius 3 is 0.927 bits per heavy atom. The summed E-state index contributed by atoms with van der Waals surface area (Å²) in [6, 6.07) is 0. The number of phosphoric acid groups is 2. The fourth-order valence-corrected chi connectivity index (χ4v) is 11.3. The molecule has 0 fully saturated rings. The van der Waals surface area contributed by atoms with Crippen molar-refractivity contribution in [3.05, 3.63) is 97.2 Å². The van der Waals surface area contributed by atoms with Crippen LogP contribution in [0.2, 0.25) is 0 Å². The Morgan fingerprint density at radius 2 is 0.562 bits per heavy atom. The average Bonchev–Trinajstić information content (AvgIpc) is 1.17. The minimum atomic E-state index is -4.98. The van der Waals surface area contributed by atoms with E-state index in [4.69, 9.17) is 37.0 Å². The second-order valence-corrected chi connectivity index (χ2v) is 27.8. The Bertz CT molecular complexity index is 2200. The van der Waals surface area contributed by atoms with Crippen LogP contribution in [0.4, 0.5) is 0 Å². The zero-order valence-electron chi connectivity index (χ0n) is 60.3. The predicted octanol–water partition coefficient (Wildman–Crippen LogP) is 21.2. The first-order chi connectivity index (χ1) is 46.7. The fourth-order valence-electron chi connectivity index (χ4n) is 9.75. The molecule has 0 aromatic rings. The van der Waals surface area contributed by atoms with Crippen LogP contribution in [0.3, 0.4) is 0 Å². The van der Waals surface area contributed by atoms with Crippen LogP contribution < -0.4 is 0 Å². The maximum Gasteiger partial charge on any atom is 0.472 e. The van der Waals surface area contributed by atoms with Crippen molar-refractivity contribution >= 4 is 39.5 Å². The molecule has 554 valence electrons. The Hall–Kier alpha value is -4.02. The number of aliphatic hydroxyl groups is 1. The molecule has 0 amide bonds. The van der Waals surface area contributed by atoms with E-state index in [0.29, 0.717) is 32.1 Å². The normalized spacial score (nSPS) is 14.5. The number of hydrogen-bond donors (Lipinski definition) is 3. The van der Waals surface area contributed by atoms with Gasteiger partial charge in [0.15, 0.2) is 12.2 Å². The number of carbonyl (C=O) groups excluding carboxylic acids is 4. The van der Waals surface area contributed by atoms with Gasteiger partial charge in [-0.3, -0.25) is 37.3 Å². The third-order valence-electron chi connectivity index (χ3n) is 15.5. The third kappa shape index (κ3) is 68.5. The van der Waals surface area contributed by atoms with E-state index in [-0.39, 0.29) is 25.7 Å². The molecule has 0 saturated carbocycles. The van der Waals surface area contributed by atoms with Crippen molar-refractivity contribution < 1.29 is 80.2 Å². The van der Waals surface area contributed by atoms with Crippen LogP contribution in [0.1, 0.15) is 310 Å². The Labute approximate surface area is 582 Å². The smallest absolute Gasteiger partial charge is 0.462 e. The Balaban J connectivity index is 5.37. The molecule has 96 heavy (non-hydrogen) atoms. The number of rotatable bonds is 70. The lowest BCUT2D eigenvalue weighted by Gasteiger charge is -2.21. The highest BCUT2D eigenvalue weighted by Gasteiger charge is 2.30. The van der Waals surface area contributed by atoms with Crippen molar-refractivity contribution in [1.82, 2.24) is 0 Å². The van der Waals surface area contributed by atoms with Gasteiger partial charge < -0.3 is 33.8 Å². The molecule has 0 aromatic heterocycles. The van der Waals surface area contributed by atoms with Crippen molar-refractivity contribution in [3.8, 4) is 0 Å². The number of allylic oxidation sites excluding steroid dienone is 16. The van der Waals surface area contributed by atoms with Gasteiger partial charge in [-0.2, -0.15) is 0 Å². The monoisotopic (exact) mass is 1390 g/mol. The summed E-state index contributed by atoms with van der Waals surface area (Å²) in [4.78, 5) is 72.7. The highest BCUT2D eigenvalue weighted by atomic mass is 31.2. The van der Waals surface area contributed by atoms with E-state index in [0.717, 1.165) is 148 Å². The van der Waals surface area contributed by atoms with Gasteiger partial charge in [-0.1, -0.05) is 247 Å². The minimum Gasteiger partial charge on any atom is -0.462 e. The molecule has 0 radical (unpaired) electrons. The van der Waals surface area contributed by atoms with Gasteiger partial charge in [0.25, 0.3) is 0 Å². The second-order valence-electron chi connectivity index (χ2n) is 24.8. The summed E-state index contributed by atoms with van der Waals surface area (Å²) in [6.07, 6.45) is 71.3. The van der Waals surface area contributed by atoms with Gasteiger partial charge in [0, 0.05) is 25.7 Å². The standard InChI is InChI=1S/C77H134O17P2/c1-5-9-13-17-21-25-29-32-34-35-37-40-43-46-50-54-58-62-75(80)88-68-73(94-77(82)64-60-56-52-48-44-38-31-27-23-19-15-11-7-3)70-92-96(85,86)90-66-71(78)65-89-95(83,84)91-69-72(93-76(81)63-59-55-51-47-41-28-24-20-16-12-8-4)67-87-74(79)61-57-53-49-45-42-39-36-33-30-26-22-18-14-10-6-2/h9,13,20-21,24-25,27,31-34,36-37,40,46,50,71-73,78H,5-8,10-12,14-19,22-23,26,28-30,35,38-39,41-45,47-49,51-70H2,1-4H3,(H,83,84)(H,85,86)/b13-9-,24-20-,25-21-,31-27-,34-32-,36-33-,40-37-,50-46-. The van der Waals surface area contributed by atoms with Crippen molar-refractivity contribution in [2.24, 2.45) is 0 Å². The maximum atomic E-state index is 13.0. The summed E-state index contributed by atoms with van der Waals surface area (Å²) in [7, 11) is -9.96. The molecule has 19 heteroatoms. The van der Waals surface area contributed by atoms with Crippen molar-refractivity contribution in [2.75, 3.05) is 39.6 Å². The van der Waals surface area contributed by atoms with Gasteiger partial charge in [0.05, 0.1) is 26.4 Å². The first-order valence-electron chi connectivity index (χ1n) is 37.5. The van der Waals surface area contributed by atoms with Crippen molar-refractivity contribution in [1.29, 1.82) is 0 Å². The molecule has 0 bridgehead atoms. The molecular weight excluding hydrogens is 1260 g/mol. The largest absolute Gasteiger partial charge is 0.472 e. The van der Waals surface area contributed by atoms with E-state index < -0.39 is 97.5 Å². The van der Waals surface area contributed by atoms with Gasteiger partial charge >= 0.3 is 39.5 Å². The summed E-state index contributed by atoms with van der Waals surface area (Å²) in [5.74, 6) is -2.26.